The molecule has 12 heteroatoms. The van der Waals surface area contributed by atoms with E-state index in [9.17, 15) is 0 Å². The van der Waals surface area contributed by atoms with Crippen molar-refractivity contribution in [2.24, 2.45) is 11.5 Å². The normalized spacial score (nSPS) is 11.7. The van der Waals surface area contributed by atoms with Crippen LogP contribution in [0.4, 0.5) is 0 Å². The van der Waals surface area contributed by atoms with Gasteiger partial charge in [-0.2, -0.15) is 0 Å². The number of fused-ring (bicyclic) bond motifs is 4. The van der Waals surface area contributed by atoms with Crippen LogP contribution in [-0.4, -0.2) is 51.5 Å². The first-order chi connectivity index (χ1) is 22.4. The lowest BCUT2D eigenvalue weighted by molar-refractivity contribution is -0.115. The Morgan fingerprint density at radius 3 is 1.33 bits per heavy atom. The fourth-order valence-corrected chi connectivity index (χ4v) is 5.89. The Morgan fingerprint density at radius 2 is 0.891 bits per heavy atom. The van der Waals surface area contributed by atoms with Crippen molar-refractivity contribution in [2.75, 3.05) is 0 Å². The molecule has 8 rings (SSSR count). The first-order valence-electron chi connectivity index (χ1n) is 15.1. The average molecular weight is 609 g/mol. The van der Waals surface area contributed by atoms with Crippen LogP contribution in [0.15, 0.2) is 72.8 Å². The number of rotatable bonds is 9. The summed E-state index contributed by atoms with van der Waals surface area (Å²) < 4.78 is 0. The van der Waals surface area contributed by atoms with Crippen LogP contribution in [0.25, 0.3) is 66.9 Å². The Morgan fingerprint density at radius 1 is 0.500 bits per heavy atom. The summed E-state index contributed by atoms with van der Waals surface area (Å²) in [6.07, 6.45) is 3.65. The molecule has 0 aliphatic heterocycles. The molecule has 4 aromatic carbocycles. The van der Waals surface area contributed by atoms with E-state index in [-0.39, 0.29) is 11.7 Å². The molecule has 4 aromatic heterocycles. The van der Waals surface area contributed by atoms with Gasteiger partial charge in [-0.05, 0) is 85.6 Å². The van der Waals surface area contributed by atoms with Gasteiger partial charge in [-0.15, -0.1) is 0 Å². The SMILES string of the molecule is NC(=[NH2+])c1ccc2nc(-c3ccc4nc(CCCCc5nc6ccc(-c7nc8ccc(C(N)=[NH2+])cc8[nH]7)cc6[nH]5)[nH]c4c3)[nH]c2c1. The van der Waals surface area contributed by atoms with Crippen LogP contribution < -0.4 is 22.3 Å². The van der Waals surface area contributed by atoms with Crippen LogP contribution in [0.1, 0.15) is 35.6 Å². The molecule has 0 aliphatic rings. The van der Waals surface area contributed by atoms with Gasteiger partial charge in [0.15, 0.2) is 0 Å². The Kier molecular flexibility index (Phi) is 6.34. The number of benzene rings is 4. The van der Waals surface area contributed by atoms with Gasteiger partial charge in [-0.3, -0.25) is 22.3 Å². The van der Waals surface area contributed by atoms with E-state index >= 15 is 0 Å². The average Bonchev–Trinajstić information content (AvgIpc) is 3.84. The third-order valence-corrected chi connectivity index (χ3v) is 8.32. The number of nitrogens with one attached hydrogen (secondary N) is 4. The van der Waals surface area contributed by atoms with Gasteiger partial charge in [0.05, 0.1) is 55.3 Å². The number of aromatic amines is 4. The van der Waals surface area contributed by atoms with E-state index in [1.165, 1.54) is 0 Å². The number of nitrogens with zero attached hydrogens (tertiary/aromatic N) is 4. The van der Waals surface area contributed by atoms with Crippen molar-refractivity contribution < 1.29 is 10.8 Å². The summed E-state index contributed by atoms with van der Waals surface area (Å²) >= 11 is 0. The summed E-state index contributed by atoms with van der Waals surface area (Å²) in [5.74, 6) is 4.06. The summed E-state index contributed by atoms with van der Waals surface area (Å²) in [6.45, 7) is 0. The molecule has 0 bridgehead atoms. The topological polar surface area (TPSA) is 218 Å². The molecule has 0 aliphatic carbocycles. The summed E-state index contributed by atoms with van der Waals surface area (Å²) in [5.41, 5.74) is 22.3. The highest BCUT2D eigenvalue weighted by Gasteiger charge is 2.13. The largest absolute Gasteiger partial charge is 0.342 e. The molecule has 0 fully saturated rings. The van der Waals surface area contributed by atoms with Crippen LogP contribution >= 0.6 is 0 Å². The number of imidazole rings is 4. The molecule has 8 aromatic rings. The zero-order chi connectivity index (χ0) is 31.4. The molecule has 0 saturated carbocycles. The van der Waals surface area contributed by atoms with Gasteiger partial charge in [-0.25, -0.2) is 19.9 Å². The number of unbranched alkanes of at least 4 members (excludes halogenated alkanes) is 1. The number of aryl methyl sites for hydroxylation is 2. The summed E-state index contributed by atoms with van der Waals surface area (Å²) in [5, 5.41) is 11.5. The quantitative estimate of drug-likeness (QED) is 0.0696. The van der Waals surface area contributed by atoms with Crippen LogP contribution in [0.2, 0.25) is 0 Å². The van der Waals surface area contributed by atoms with Crippen LogP contribution in [-0.2, 0) is 12.8 Å². The molecule has 226 valence electrons. The highest BCUT2D eigenvalue weighted by molar-refractivity contribution is 5.97. The molecule has 0 atom stereocenters. The zero-order valence-electron chi connectivity index (χ0n) is 24.9. The lowest BCUT2D eigenvalue weighted by Crippen LogP contribution is -2.46. The van der Waals surface area contributed by atoms with Crippen LogP contribution in [0.5, 0.6) is 0 Å². The van der Waals surface area contributed by atoms with Crippen molar-refractivity contribution in [3.05, 3.63) is 95.6 Å². The first kappa shape index (κ1) is 27.3. The van der Waals surface area contributed by atoms with Gasteiger partial charge in [0.25, 0.3) is 11.7 Å². The van der Waals surface area contributed by atoms with Gasteiger partial charge in [0.2, 0.25) is 0 Å². The molecule has 12 N–H and O–H groups in total. The predicted octanol–water partition coefficient (Wildman–Crippen LogP) is 2.02. The lowest BCUT2D eigenvalue weighted by atomic mass is 10.2. The third kappa shape index (κ3) is 5.01. The number of nitrogens with two attached hydrogens (primary N) is 4. The summed E-state index contributed by atoms with van der Waals surface area (Å²) in [7, 11) is 0. The molecule has 0 radical (unpaired) electrons. The number of hydrogen-bond acceptors (Lipinski definition) is 4. The molecule has 0 unspecified atom stereocenters. The van der Waals surface area contributed by atoms with E-state index in [2.05, 4.69) is 32.1 Å². The Bertz CT molecular complexity index is 2280. The Balaban J connectivity index is 0.918. The van der Waals surface area contributed by atoms with Gasteiger partial charge in [0.1, 0.15) is 23.3 Å². The maximum atomic E-state index is 5.76. The van der Waals surface area contributed by atoms with Crippen molar-refractivity contribution in [3.63, 3.8) is 0 Å². The Hall–Kier alpha value is -6.30. The second-order valence-corrected chi connectivity index (χ2v) is 11.6. The fourth-order valence-electron chi connectivity index (χ4n) is 5.89. The molecule has 0 saturated heterocycles. The van der Waals surface area contributed by atoms with Crippen molar-refractivity contribution in [3.8, 4) is 22.8 Å². The molecule has 4 heterocycles. The van der Waals surface area contributed by atoms with Crippen molar-refractivity contribution in [1.29, 1.82) is 0 Å². The lowest BCUT2D eigenvalue weighted by Gasteiger charge is -1.97. The minimum Gasteiger partial charge on any atom is -0.342 e. The predicted molar refractivity (Wildman–Crippen MR) is 179 cm³/mol. The van der Waals surface area contributed by atoms with Gasteiger partial charge in [-0.1, -0.05) is 0 Å². The number of amidine groups is 2. The van der Waals surface area contributed by atoms with E-state index in [4.69, 9.17) is 42.2 Å². The van der Waals surface area contributed by atoms with E-state index in [0.29, 0.717) is 0 Å². The fraction of sp³-hybridized carbons (Fsp3) is 0.118. The molecule has 12 nitrogen and oxygen atoms in total. The first-order valence-corrected chi connectivity index (χ1v) is 15.1. The highest BCUT2D eigenvalue weighted by atomic mass is 14.9. The van der Waals surface area contributed by atoms with E-state index in [1.54, 1.807) is 0 Å². The van der Waals surface area contributed by atoms with Gasteiger partial charge in [0, 0.05) is 24.0 Å². The van der Waals surface area contributed by atoms with E-state index in [1.807, 2.05) is 60.7 Å². The van der Waals surface area contributed by atoms with Crippen LogP contribution in [0.3, 0.4) is 0 Å². The van der Waals surface area contributed by atoms with Crippen molar-refractivity contribution in [2.45, 2.75) is 25.7 Å². The third-order valence-electron chi connectivity index (χ3n) is 8.32. The second-order valence-electron chi connectivity index (χ2n) is 11.6. The number of aromatic nitrogens is 8. The molecular weight excluding hydrogens is 576 g/mol. The maximum absolute atomic E-state index is 5.76. The smallest absolute Gasteiger partial charge is 0.270 e. The highest BCUT2D eigenvalue weighted by Crippen LogP contribution is 2.26. The minimum absolute atomic E-state index is 0.282. The monoisotopic (exact) mass is 608 g/mol. The van der Waals surface area contributed by atoms with Crippen LogP contribution in [0, 0.1) is 0 Å². The molecule has 0 amide bonds. The number of H-pyrrole nitrogens is 4. The molecule has 46 heavy (non-hydrogen) atoms. The number of hydrogen-bond donors (Lipinski definition) is 8. The Labute approximate surface area is 261 Å². The second kappa shape index (κ2) is 10.7. The van der Waals surface area contributed by atoms with E-state index < -0.39 is 0 Å². The summed E-state index contributed by atoms with van der Waals surface area (Å²) in [6, 6.07) is 23.7. The molecular formula is C34H32N12+2. The molecule has 0 spiro atoms. The van der Waals surface area contributed by atoms with Crippen molar-refractivity contribution in [1.82, 2.24) is 39.9 Å². The zero-order valence-corrected chi connectivity index (χ0v) is 24.9. The van der Waals surface area contributed by atoms with Gasteiger partial charge >= 0.3 is 0 Å². The minimum atomic E-state index is 0.282. The summed E-state index contributed by atoms with van der Waals surface area (Å²) in [4.78, 5) is 32.8. The maximum Gasteiger partial charge on any atom is 0.270 e. The van der Waals surface area contributed by atoms with Crippen molar-refractivity contribution >= 4 is 55.8 Å². The van der Waals surface area contributed by atoms with Gasteiger partial charge < -0.3 is 19.9 Å². The van der Waals surface area contributed by atoms with E-state index in [0.717, 1.165) is 115 Å². The standard InChI is InChI=1S/C34H30N12/c35-31(36)17-5-9-23-27(13-17)45-33(43-23)19-7-11-21-25(15-19)41-29(39-21)3-1-2-4-30-40-22-12-8-20(16-26(22)42-30)34-44-24-10-6-18(32(37)38)14-28(24)46-34/h5-16H,1-4H2,(H3,35,36)(H3,37,38)(H,39,41)(H,40,42)(H,43,45)(H,44,46)/p+2.